The molecule has 0 aliphatic carbocycles. The fourth-order valence-electron chi connectivity index (χ4n) is 2.81. The normalized spacial score (nSPS) is 17.8. The van der Waals surface area contributed by atoms with Crippen LogP contribution in [0.1, 0.15) is 102 Å². The van der Waals surface area contributed by atoms with Crippen LogP contribution in [-0.2, 0) is 34.0 Å². The molecular weight excluding hydrogens is 485 g/mol. The zero-order valence-electron chi connectivity index (χ0n) is 23.9. The summed E-state index contributed by atoms with van der Waals surface area (Å²) in [4.78, 5) is 32.9. The smallest absolute Gasteiger partial charge is 0.748 e. The average Bonchev–Trinajstić information content (AvgIpc) is 2.90. The van der Waals surface area contributed by atoms with Crippen LogP contribution in [0.25, 0.3) is 0 Å². The van der Waals surface area contributed by atoms with Gasteiger partial charge in [-0.3, -0.25) is 14.4 Å². The van der Waals surface area contributed by atoms with Crippen LogP contribution in [0.4, 0.5) is 0 Å². The van der Waals surface area contributed by atoms with Gasteiger partial charge in [-0.1, -0.05) is 27.7 Å². The van der Waals surface area contributed by atoms with Gasteiger partial charge in [0.15, 0.2) is 0 Å². The maximum absolute atomic E-state index is 11.5. The van der Waals surface area contributed by atoms with Crippen molar-refractivity contribution < 1.29 is 66.4 Å². The van der Waals surface area contributed by atoms with Crippen LogP contribution < -0.4 is 34.9 Å². The Morgan fingerprint density at radius 1 is 1.20 bits per heavy atom. The first-order valence-corrected chi connectivity index (χ1v) is 13.3. The summed E-state index contributed by atoms with van der Waals surface area (Å²) >= 11 is 0. The molecule has 9 nitrogen and oxygen atoms in total. The van der Waals surface area contributed by atoms with E-state index in [0.717, 1.165) is 19.3 Å². The van der Waals surface area contributed by atoms with E-state index >= 15 is 0 Å². The van der Waals surface area contributed by atoms with Crippen LogP contribution in [-0.4, -0.2) is 53.8 Å². The van der Waals surface area contributed by atoms with Crippen molar-refractivity contribution in [2.45, 2.75) is 119 Å². The van der Waals surface area contributed by atoms with E-state index in [4.69, 9.17) is 9.47 Å². The second kappa shape index (κ2) is 16.2. The number of nitrogens with one attached hydrogen (secondary N) is 1. The molecule has 2 unspecified atom stereocenters. The molecule has 0 radical (unpaired) electrons. The van der Waals surface area contributed by atoms with E-state index in [0.29, 0.717) is 6.42 Å². The number of hydrogen-bond donors (Lipinski definition) is 1. The third-order valence-electron chi connectivity index (χ3n) is 5.35. The predicted molar refractivity (Wildman–Crippen MR) is 131 cm³/mol. The van der Waals surface area contributed by atoms with Gasteiger partial charge in [0.1, 0.15) is 11.7 Å². The van der Waals surface area contributed by atoms with Crippen molar-refractivity contribution in [2.75, 3.05) is 5.75 Å². The summed E-state index contributed by atoms with van der Waals surface area (Å²) in [6.07, 6.45) is 3.51. The number of amides is 1. The molecule has 1 amide bonds. The first-order chi connectivity index (χ1) is 15.1. The minimum Gasteiger partial charge on any atom is -0.748 e. The Hall–Kier alpha value is -0.680. The topological polar surface area (TPSA) is 139 Å². The molecular formula is C24H46NNaO8S. The molecule has 1 N–H and O–H groups in total. The first kappa shape index (κ1) is 38.8. The van der Waals surface area contributed by atoms with Crippen LogP contribution in [0.2, 0.25) is 0 Å². The first-order valence-electron chi connectivity index (χ1n) is 11.8. The number of rotatable bonds is 8. The van der Waals surface area contributed by atoms with Crippen molar-refractivity contribution in [2.24, 2.45) is 11.3 Å². The van der Waals surface area contributed by atoms with Crippen molar-refractivity contribution in [1.82, 2.24) is 5.32 Å². The number of cyclic esters (lactones) is 1. The fraction of sp³-hybridized carbons (Fsp3) is 0.875. The van der Waals surface area contributed by atoms with Crippen molar-refractivity contribution in [1.29, 1.82) is 0 Å². The molecule has 2 atom stereocenters. The van der Waals surface area contributed by atoms with E-state index in [-0.39, 0.29) is 70.4 Å². The minimum atomic E-state index is -4.32. The number of ether oxygens (including phenoxy) is 2. The molecule has 0 bridgehead atoms. The molecule has 11 heteroatoms. The van der Waals surface area contributed by atoms with Crippen LogP contribution in [0.3, 0.4) is 0 Å². The summed E-state index contributed by atoms with van der Waals surface area (Å²) in [5, 5.41) is 2.55. The predicted octanol–water partition coefficient (Wildman–Crippen LogP) is 0.953. The number of esters is 2. The molecule has 1 rings (SSSR count). The van der Waals surface area contributed by atoms with Gasteiger partial charge in [0.05, 0.1) is 21.3 Å². The van der Waals surface area contributed by atoms with Crippen molar-refractivity contribution in [3.63, 3.8) is 0 Å². The number of hydrogen-bond acceptors (Lipinski definition) is 8. The summed E-state index contributed by atoms with van der Waals surface area (Å²) < 4.78 is 41.7. The second-order valence-corrected chi connectivity index (χ2v) is 12.0. The SMILES string of the molecule is CCC(C)(C)OC(C)=O.CCC(C)C(=O)NC(C)(C)CS(=O)(=O)[O-].CCC1CC(C)(C)C(=O)O1.[Na+]. The molecule has 35 heavy (non-hydrogen) atoms. The van der Waals surface area contributed by atoms with Gasteiger partial charge in [0.2, 0.25) is 5.91 Å². The maximum Gasteiger partial charge on any atom is 1.00 e. The molecule has 0 aromatic rings. The monoisotopic (exact) mass is 531 g/mol. The largest absolute Gasteiger partial charge is 1.00 e. The van der Waals surface area contributed by atoms with Crippen molar-refractivity contribution in [3.8, 4) is 0 Å². The van der Waals surface area contributed by atoms with E-state index in [2.05, 4.69) is 5.32 Å². The second-order valence-electron chi connectivity index (χ2n) is 10.6. The van der Waals surface area contributed by atoms with Crippen LogP contribution >= 0.6 is 0 Å². The molecule has 1 aliphatic rings. The van der Waals surface area contributed by atoms with Gasteiger partial charge in [-0.25, -0.2) is 8.42 Å². The van der Waals surface area contributed by atoms with Crippen LogP contribution in [0, 0.1) is 11.3 Å². The van der Waals surface area contributed by atoms with E-state index in [1.807, 2.05) is 48.5 Å². The Morgan fingerprint density at radius 2 is 1.69 bits per heavy atom. The van der Waals surface area contributed by atoms with Gasteiger partial charge in [-0.15, -0.1) is 0 Å². The molecule has 202 valence electrons. The van der Waals surface area contributed by atoms with Gasteiger partial charge in [-0.05, 0) is 67.2 Å². The van der Waals surface area contributed by atoms with E-state index in [9.17, 15) is 27.4 Å². The zero-order valence-corrected chi connectivity index (χ0v) is 26.7. The summed E-state index contributed by atoms with van der Waals surface area (Å²) in [6, 6.07) is 0. The van der Waals surface area contributed by atoms with E-state index in [1.54, 1.807) is 6.92 Å². The third kappa shape index (κ3) is 19.1. The average molecular weight is 532 g/mol. The Morgan fingerprint density at radius 3 is 1.91 bits per heavy atom. The quantitative estimate of drug-likeness (QED) is 0.278. The van der Waals surface area contributed by atoms with Gasteiger partial charge < -0.3 is 19.3 Å². The fourth-order valence-corrected chi connectivity index (χ4v) is 3.77. The van der Waals surface area contributed by atoms with E-state index in [1.165, 1.54) is 20.8 Å². The minimum absolute atomic E-state index is 0. The number of carbonyl (C=O) groups excluding carboxylic acids is 3. The third-order valence-corrected chi connectivity index (χ3v) is 6.43. The molecule has 0 spiro atoms. The maximum atomic E-state index is 11.5. The Balaban J connectivity index is -0.000000450. The number of carbonyl (C=O) groups is 3. The summed E-state index contributed by atoms with van der Waals surface area (Å²) in [7, 11) is -4.32. The zero-order chi connectivity index (χ0) is 27.5. The van der Waals surface area contributed by atoms with Crippen LogP contribution in [0.5, 0.6) is 0 Å². The van der Waals surface area contributed by atoms with E-state index < -0.39 is 21.4 Å². The van der Waals surface area contributed by atoms with Gasteiger partial charge in [-0.2, -0.15) is 0 Å². The Bertz CT molecular complexity index is 778. The molecule has 0 aromatic heterocycles. The summed E-state index contributed by atoms with van der Waals surface area (Å²) in [5.41, 5.74) is -1.53. The molecule has 1 saturated heterocycles. The standard InChI is InChI=1S/C9H19NO4S.C8H14O2.C7H14O2.Na/c1-5-7(2)8(11)10-9(3,4)6-15(12,13)14;1-4-6-5-8(2,3)7(9)10-6;1-5-7(3,4)9-6(2)8;/h7H,5-6H2,1-4H3,(H,10,11)(H,12,13,14);6H,4-5H2,1-3H3;5H2,1-4H3;/q;;;+1/p-1. The molecule has 1 fully saturated rings. The molecule has 1 heterocycles. The van der Waals surface area contributed by atoms with Crippen molar-refractivity contribution >= 4 is 28.0 Å². The van der Waals surface area contributed by atoms with Gasteiger partial charge >= 0.3 is 41.5 Å². The summed E-state index contributed by atoms with van der Waals surface area (Å²) in [5.74, 6) is -1.26. The molecule has 0 saturated carbocycles. The molecule has 1 aliphatic heterocycles. The van der Waals surface area contributed by atoms with Crippen LogP contribution in [0.15, 0.2) is 0 Å². The molecule has 0 aromatic carbocycles. The van der Waals surface area contributed by atoms with Gasteiger partial charge in [0, 0.05) is 18.4 Å². The van der Waals surface area contributed by atoms with Gasteiger partial charge in [0.25, 0.3) is 0 Å². The summed E-state index contributed by atoms with van der Waals surface area (Å²) in [6.45, 7) is 19.8. The van der Waals surface area contributed by atoms with Crippen molar-refractivity contribution in [3.05, 3.63) is 0 Å². The Kier molecular flexibility index (Phi) is 18.0. The Labute approximate surface area is 234 Å².